The van der Waals surface area contributed by atoms with E-state index in [-0.39, 0.29) is 0 Å². The van der Waals surface area contributed by atoms with Crippen molar-refractivity contribution in [1.82, 2.24) is 9.97 Å². The molecule has 3 rings (SSSR count). The largest absolute Gasteiger partial charge is 0.453 e. The van der Waals surface area contributed by atoms with Crippen molar-refractivity contribution in [2.45, 2.75) is 19.8 Å². The third-order valence-corrected chi connectivity index (χ3v) is 3.51. The molecule has 0 radical (unpaired) electrons. The monoisotopic (exact) mass is 287 g/mol. The fraction of sp³-hybridized carbons (Fsp3) is 0.200. The van der Waals surface area contributed by atoms with Gasteiger partial charge in [-0.25, -0.2) is 9.97 Å². The molecule has 2 N–H and O–H groups in total. The van der Waals surface area contributed by atoms with E-state index in [2.05, 4.69) is 16.9 Å². The molecule has 2 aromatic heterocycles. The summed E-state index contributed by atoms with van der Waals surface area (Å²) in [6.45, 7) is 2.09. The van der Waals surface area contributed by atoms with Crippen LogP contribution in [0.1, 0.15) is 18.9 Å². The number of benzene rings is 1. The number of nitrogens with two attached hydrogens (primary N) is 1. The molecule has 4 nitrogen and oxygen atoms in total. The van der Waals surface area contributed by atoms with Crippen molar-refractivity contribution in [3.05, 3.63) is 41.2 Å². The number of halogens is 1. The van der Waals surface area contributed by atoms with Gasteiger partial charge in [-0.3, -0.25) is 0 Å². The second-order valence-corrected chi connectivity index (χ2v) is 5.01. The highest BCUT2D eigenvalue weighted by Gasteiger charge is 2.15. The highest BCUT2D eigenvalue weighted by molar-refractivity contribution is 6.34. The van der Waals surface area contributed by atoms with Gasteiger partial charge >= 0.3 is 0 Å². The zero-order valence-corrected chi connectivity index (χ0v) is 11.8. The summed E-state index contributed by atoms with van der Waals surface area (Å²) in [6, 6.07) is 7.59. The minimum Gasteiger partial charge on any atom is -0.453 e. The maximum Gasteiger partial charge on any atom is 0.154 e. The highest BCUT2D eigenvalue weighted by Crippen LogP contribution is 2.33. The Kier molecular flexibility index (Phi) is 3.32. The normalized spacial score (nSPS) is 11.1. The fourth-order valence-corrected chi connectivity index (χ4v) is 2.50. The Bertz CT molecular complexity index is 767. The van der Waals surface area contributed by atoms with E-state index in [1.54, 1.807) is 6.07 Å². The lowest BCUT2D eigenvalue weighted by atomic mass is 10.1. The van der Waals surface area contributed by atoms with Crippen LogP contribution in [0.15, 0.2) is 35.0 Å². The number of hydrogen-bond acceptors (Lipinski definition) is 4. The summed E-state index contributed by atoms with van der Waals surface area (Å²) in [5, 5.41) is 1.54. The molecule has 0 unspecified atom stereocenters. The van der Waals surface area contributed by atoms with Gasteiger partial charge in [-0.05, 0) is 18.6 Å². The van der Waals surface area contributed by atoms with Gasteiger partial charge in [-0.2, -0.15) is 0 Å². The van der Waals surface area contributed by atoms with E-state index in [0.29, 0.717) is 22.2 Å². The number of anilines is 1. The van der Waals surface area contributed by atoms with Crippen molar-refractivity contribution in [2.75, 3.05) is 5.73 Å². The molecule has 2 heterocycles. The van der Waals surface area contributed by atoms with Crippen LogP contribution in [0.2, 0.25) is 5.02 Å². The van der Waals surface area contributed by atoms with E-state index < -0.39 is 0 Å². The topological polar surface area (TPSA) is 64.9 Å². The van der Waals surface area contributed by atoms with E-state index >= 15 is 0 Å². The molecular formula is C15H14ClN3O. The molecule has 0 aliphatic heterocycles. The Morgan fingerprint density at radius 3 is 2.90 bits per heavy atom. The molecule has 0 aliphatic carbocycles. The number of aromatic nitrogens is 2. The number of furan rings is 1. The second kappa shape index (κ2) is 5.13. The van der Waals surface area contributed by atoms with Crippen LogP contribution in [0.3, 0.4) is 0 Å². The first kappa shape index (κ1) is 12.9. The van der Waals surface area contributed by atoms with Gasteiger partial charge in [0.1, 0.15) is 17.8 Å². The lowest BCUT2D eigenvalue weighted by Gasteiger charge is -2.07. The van der Waals surface area contributed by atoms with Gasteiger partial charge in [0.2, 0.25) is 0 Å². The maximum absolute atomic E-state index is 6.14. The SMILES string of the molecule is CCCc1c(N)ncnc1-c1cc2cccc(Cl)c2o1. The number of rotatable bonds is 3. The number of hydrogen-bond donors (Lipinski definition) is 1. The van der Waals surface area contributed by atoms with Gasteiger partial charge in [-0.1, -0.05) is 37.1 Å². The van der Waals surface area contributed by atoms with Crippen LogP contribution in [-0.4, -0.2) is 9.97 Å². The zero-order valence-electron chi connectivity index (χ0n) is 11.1. The summed E-state index contributed by atoms with van der Waals surface area (Å²) >= 11 is 6.14. The molecule has 0 bridgehead atoms. The average Bonchev–Trinajstić information content (AvgIpc) is 2.86. The third kappa shape index (κ3) is 2.12. The van der Waals surface area contributed by atoms with Crippen LogP contribution >= 0.6 is 11.6 Å². The molecule has 1 aromatic carbocycles. The average molecular weight is 288 g/mol. The van der Waals surface area contributed by atoms with E-state index in [1.807, 2.05) is 18.2 Å². The number of fused-ring (bicyclic) bond motifs is 1. The first-order valence-corrected chi connectivity index (χ1v) is 6.86. The van der Waals surface area contributed by atoms with E-state index in [0.717, 1.165) is 29.5 Å². The highest BCUT2D eigenvalue weighted by atomic mass is 35.5. The lowest BCUT2D eigenvalue weighted by molar-refractivity contribution is 0.627. The Morgan fingerprint density at radius 1 is 1.30 bits per heavy atom. The van der Waals surface area contributed by atoms with Crippen molar-refractivity contribution in [3.8, 4) is 11.5 Å². The third-order valence-electron chi connectivity index (χ3n) is 3.21. The van der Waals surface area contributed by atoms with Crippen LogP contribution in [0.4, 0.5) is 5.82 Å². The van der Waals surface area contributed by atoms with Gasteiger partial charge in [0, 0.05) is 10.9 Å². The maximum atomic E-state index is 6.14. The molecule has 0 aliphatic rings. The second-order valence-electron chi connectivity index (χ2n) is 4.60. The predicted octanol–water partition coefficient (Wildman–Crippen LogP) is 4.08. The van der Waals surface area contributed by atoms with Gasteiger partial charge in [-0.15, -0.1) is 0 Å². The van der Waals surface area contributed by atoms with Crippen LogP contribution in [0.25, 0.3) is 22.4 Å². The van der Waals surface area contributed by atoms with E-state index in [4.69, 9.17) is 21.8 Å². The summed E-state index contributed by atoms with van der Waals surface area (Å²) < 4.78 is 5.85. The van der Waals surface area contributed by atoms with E-state index in [1.165, 1.54) is 6.33 Å². The zero-order chi connectivity index (χ0) is 14.1. The molecule has 0 spiro atoms. The first-order valence-electron chi connectivity index (χ1n) is 6.48. The molecule has 3 aromatic rings. The minimum atomic E-state index is 0.503. The van der Waals surface area contributed by atoms with Crippen LogP contribution in [0.5, 0.6) is 0 Å². The van der Waals surface area contributed by atoms with Crippen molar-refractivity contribution in [2.24, 2.45) is 0 Å². The summed E-state index contributed by atoms with van der Waals surface area (Å²) in [7, 11) is 0. The van der Waals surface area contributed by atoms with Crippen LogP contribution < -0.4 is 5.73 Å². The molecule has 5 heteroatoms. The van der Waals surface area contributed by atoms with Crippen molar-refractivity contribution >= 4 is 28.4 Å². The molecule has 0 saturated carbocycles. The van der Waals surface area contributed by atoms with Crippen molar-refractivity contribution < 1.29 is 4.42 Å². The molecule has 102 valence electrons. The summed E-state index contributed by atoms with van der Waals surface area (Å²) in [5.74, 6) is 1.18. The van der Waals surface area contributed by atoms with Crippen molar-refractivity contribution in [1.29, 1.82) is 0 Å². The van der Waals surface area contributed by atoms with Crippen LogP contribution in [-0.2, 0) is 6.42 Å². The Morgan fingerprint density at radius 2 is 2.15 bits per heavy atom. The Labute approximate surface area is 121 Å². The predicted molar refractivity (Wildman–Crippen MR) is 80.7 cm³/mol. The Hall–Kier alpha value is -2.07. The molecule has 0 fully saturated rings. The first-order chi connectivity index (χ1) is 9.70. The van der Waals surface area contributed by atoms with E-state index in [9.17, 15) is 0 Å². The van der Waals surface area contributed by atoms with Gasteiger partial charge < -0.3 is 10.2 Å². The fourth-order valence-electron chi connectivity index (χ4n) is 2.28. The van der Waals surface area contributed by atoms with Gasteiger partial charge in [0.25, 0.3) is 0 Å². The Balaban J connectivity index is 2.20. The molecule has 0 amide bonds. The lowest BCUT2D eigenvalue weighted by Crippen LogP contribution is -2.01. The summed E-state index contributed by atoms with van der Waals surface area (Å²) in [4.78, 5) is 8.38. The van der Waals surface area contributed by atoms with Crippen molar-refractivity contribution in [3.63, 3.8) is 0 Å². The summed E-state index contributed by atoms with van der Waals surface area (Å²) in [6.07, 6.45) is 3.23. The standard InChI is InChI=1S/C15H14ClN3O/c1-2-4-10-13(18-8-19-15(10)17)12-7-9-5-3-6-11(16)14(9)20-12/h3,5-8H,2,4H2,1H3,(H2,17,18,19). The number of para-hydroxylation sites is 1. The summed E-state index contributed by atoms with van der Waals surface area (Å²) in [5.41, 5.74) is 8.28. The van der Waals surface area contributed by atoms with Gasteiger partial charge in [0.15, 0.2) is 11.3 Å². The minimum absolute atomic E-state index is 0.503. The smallest absolute Gasteiger partial charge is 0.154 e. The van der Waals surface area contributed by atoms with Gasteiger partial charge in [0.05, 0.1) is 5.02 Å². The quantitative estimate of drug-likeness (QED) is 0.788. The molecular weight excluding hydrogens is 274 g/mol. The molecule has 20 heavy (non-hydrogen) atoms. The van der Waals surface area contributed by atoms with Crippen LogP contribution in [0, 0.1) is 0 Å². The molecule has 0 saturated heterocycles. The number of nitrogens with zero attached hydrogens (tertiary/aromatic N) is 2. The number of nitrogen functional groups attached to an aromatic ring is 1. The molecule has 0 atom stereocenters.